The first-order valence-electron chi connectivity index (χ1n) is 9.99. The van der Waals surface area contributed by atoms with E-state index >= 15 is 0 Å². The van der Waals surface area contributed by atoms with Crippen LogP contribution in [-0.2, 0) is 13.1 Å². The first kappa shape index (κ1) is 19.0. The minimum Gasteiger partial charge on any atom is -0.475 e. The van der Waals surface area contributed by atoms with Gasteiger partial charge in [-0.25, -0.2) is 4.68 Å². The second-order valence-corrected chi connectivity index (χ2v) is 7.98. The van der Waals surface area contributed by atoms with Gasteiger partial charge in [0.1, 0.15) is 12.7 Å². The molecule has 0 aliphatic carbocycles. The van der Waals surface area contributed by atoms with Gasteiger partial charge in [-0.2, -0.15) is 5.10 Å². The Labute approximate surface area is 165 Å². The zero-order valence-corrected chi connectivity index (χ0v) is 16.5. The number of fused-ring (bicyclic) bond motifs is 1. The van der Waals surface area contributed by atoms with E-state index in [-0.39, 0.29) is 12.5 Å². The van der Waals surface area contributed by atoms with Crippen LogP contribution in [0.1, 0.15) is 41.4 Å². The van der Waals surface area contributed by atoms with Gasteiger partial charge in [0.05, 0.1) is 6.54 Å². The van der Waals surface area contributed by atoms with E-state index in [1.165, 1.54) is 11.1 Å². The first-order chi connectivity index (χ1) is 13.5. The molecule has 1 atom stereocenters. The fourth-order valence-electron chi connectivity index (χ4n) is 3.72. The molecule has 1 aromatic heterocycles. The van der Waals surface area contributed by atoms with Crippen molar-refractivity contribution in [2.75, 3.05) is 32.8 Å². The molecule has 0 radical (unpaired) electrons. The molecule has 28 heavy (non-hydrogen) atoms. The van der Waals surface area contributed by atoms with Gasteiger partial charge in [-0.15, -0.1) is 0 Å². The van der Waals surface area contributed by atoms with Crippen molar-refractivity contribution in [1.82, 2.24) is 19.6 Å². The third-order valence-corrected chi connectivity index (χ3v) is 5.48. The molecule has 7 nitrogen and oxygen atoms in total. The van der Waals surface area contributed by atoms with Crippen LogP contribution in [0.2, 0.25) is 0 Å². The molecule has 2 aliphatic rings. The van der Waals surface area contributed by atoms with Gasteiger partial charge in [-0.3, -0.25) is 9.69 Å². The molecule has 0 spiro atoms. The van der Waals surface area contributed by atoms with E-state index in [1.54, 1.807) is 10.7 Å². The van der Waals surface area contributed by atoms with Crippen LogP contribution in [0.3, 0.4) is 0 Å². The van der Waals surface area contributed by atoms with E-state index in [4.69, 9.17) is 4.74 Å². The molecule has 2 aromatic rings. The van der Waals surface area contributed by atoms with Crippen molar-refractivity contribution >= 4 is 5.91 Å². The van der Waals surface area contributed by atoms with Crippen LogP contribution in [0, 0.1) is 0 Å². The molecule has 0 bridgehead atoms. The molecule has 1 fully saturated rings. The molecule has 0 saturated carbocycles. The Hall–Kier alpha value is -2.38. The molecule has 1 N–H and O–H groups in total. The Kier molecular flexibility index (Phi) is 5.37. The standard InChI is InChI=1S/C21H28N4O3/c1-15(2)17-5-3-16(4-6-17)12-23-7-9-24(10-8-23)21(27)19-11-20-25(22-19)13-18(26)14-28-20/h3-6,11,15,18,26H,7-10,12-14H2,1-2H3. The number of carbonyl (C=O) groups is 1. The van der Waals surface area contributed by atoms with Gasteiger partial charge in [0.25, 0.3) is 5.91 Å². The highest BCUT2D eigenvalue weighted by Gasteiger charge is 2.27. The van der Waals surface area contributed by atoms with Crippen molar-refractivity contribution < 1.29 is 14.6 Å². The third kappa shape index (κ3) is 4.05. The number of piperazine rings is 1. The Morgan fingerprint density at radius 2 is 1.93 bits per heavy atom. The predicted molar refractivity (Wildman–Crippen MR) is 105 cm³/mol. The van der Waals surface area contributed by atoms with E-state index < -0.39 is 6.10 Å². The first-order valence-corrected chi connectivity index (χ1v) is 9.99. The number of amides is 1. The van der Waals surface area contributed by atoms with E-state index in [1.807, 2.05) is 4.90 Å². The quantitative estimate of drug-likeness (QED) is 0.869. The highest BCUT2D eigenvalue weighted by molar-refractivity contribution is 5.92. The lowest BCUT2D eigenvalue weighted by molar-refractivity contribution is 0.0549. The fraction of sp³-hybridized carbons (Fsp3) is 0.524. The third-order valence-electron chi connectivity index (χ3n) is 5.48. The highest BCUT2D eigenvalue weighted by Crippen LogP contribution is 2.21. The number of nitrogens with zero attached hydrogens (tertiary/aromatic N) is 4. The maximum Gasteiger partial charge on any atom is 0.274 e. The lowest BCUT2D eigenvalue weighted by Crippen LogP contribution is -2.48. The monoisotopic (exact) mass is 384 g/mol. The summed E-state index contributed by atoms with van der Waals surface area (Å²) >= 11 is 0. The Morgan fingerprint density at radius 1 is 1.21 bits per heavy atom. The number of hydrogen-bond acceptors (Lipinski definition) is 5. The van der Waals surface area contributed by atoms with E-state index in [2.05, 4.69) is 48.1 Å². The largest absolute Gasteiger partial charge is 0.475 e. The number of hydrogen-bond donors (Lipinski definition) is 1. The molecule has 3 heterocycles. The van der Waals surface area contributed by atoms with E-state index in [0.29, 0.717) is 37.1 Å². The van der Waals surface area contributed by atoms with Crippen LogP contribution in [-0.4, -0.2) is 69.5 Å². The van der Waals surface area contributed by atoms with Gasteiger partial charge >= 0.3 is 0 Å². The zero-order valence-electron chi connectivity index (χ0n) is 16.5. The number of rotatable bonds is 4. The Bertz CT molecular complexity index is 823. The van der Waals surface area contributed by atoms with Gasteiger partial charge in [0.15, 0.2) is 5.69 Å². The summed E-state index contributed by atoms with van der Waals surface area (Å²) in [7, 11) is 0. The maximum absolute atomic E-state index is 12.8. The molecule has 150 valence electrons. The van der Waals surface area contributed by atoms with Crippen LogP contribution in [0.5, 0.6) is 5.88 Å². The Morgan fingerprint density at radius 3 is 2.61 bits per heavy atom. The lowest BCUT2D eigenvalue weighted by atomic mass is 10.0. The SMILES string of the molecule is CC(C)c1ccc(CN2CCN(C(=O)c3cc4n(n3)CC(O)CO4)CC2)cc1. The van der Waals surface area contributed by atoms with Gasteiger partial charge in [0.2, 0.25) is 5.88 Å². The minimum atomic E-state index is -0.575. The van der Waals surface area contributed by atoms with Crippen molar-refractivity contribution in [1.29, 1.82) is 0 Å². The lowest BCUT2D eigenvalue weighted by Gasteiger charge is -2.34. The molecule has 1 amide bonds. The normalized spacial score (nSPS) is 20.1. The fourth-order valence-corrected chi connectivity index (χ4v) is 3.72. The predicted octanol–water partition coefficient (Wildman–Crippen LogP) is 1.72. The van der Waals surface area contributed by atoms with Gasteiger partial charge < -0.3 is 14.7 Å². The molecule has 4 rings (SSSR count). The van der Waals surface area contributed by atoms with E-state index in [9.17, 15) is 9.90 Å². The Balaban J connectivity index is 1.32. The smallest absolute Gasteiger partial charge is 0.274 e. The summed E-state index contributed by atoms with van der Waals surface area (Å²) in [5.74, 6) is 1.03. The second kappa shape index (κ2) is 7.93. The van der Waals surface area contributed by atoms with Gasteiger partial charge in [-0.05, 0) is 17.0 Å². The van der Waals surface area contributed by atoms with Crippen LogP contribution in [0.25, 0.3) is 0 Å². The van der Waals surface area contributed by atoms with Crippen molar-refractivity contribution in [3.63, 3.8) is 0 Å². The zero-order chi connectivity index (χ0) is 19.7. The summed E-state index contributed by atoms with van der Waals surface area (Å²) in [6.07, 6.45) is -0.575. The van der Waals surface area contributed by atoms with Gasteiger partial charge in [-0.1, -0.05) is 38.1 Å². The molecule has 1 aromatic carbocycles. The summed E-state index contributed by atoms with van der Waals surface area (Å²) in [5.41, 5.74) is 3.06. The van der Waals surface area contributed by atoms with Crippen molar-refractivity contribution in [3.05, 3.63) is 47.2 Å². The number of aliphatic hydroxyl groups is 1. The molecule has 2 aliphatic heterocycles. The molecule has 1 saturated heterocycles. The highest BCUT2D eigenvalue weighted by atomic mass is 16.5. The number of benzene rings is 1. The summed E-state index contributed by atoms with van der Waals surface area (Å²) in [6.45, 7) is 9.00. The molecule has 7 heteroatoms. The topological polar surface area (TPSA) is 70.8 Å². The van der Waals surface area contributed by atoms with Crippen LogP contribution in [0.4, 0.5) is 0 Å². The van der Waals surface area contributed by atoms with E-state index in [0.717, 1.165) is 19.6 Å². The van der Waals surface area contributed by atoms with Crippen molar-refractivity contribution in [3.8, 4) is 5.88 Å². The number of carbonyl (C=O) groups excluding carboxylic acids is 1. The van der Waals surface area contributed by atoms with Gasteiger partial charge in [0, 0.05) is 38.8 Å². The second-order valence-electron chi connectivity index (χ2n) is 7.98. The van der Waals surface area contributed by atoms with Crippen molar-refractivity contribution in [2.45, 2.75) is 39.0 Å². The summed E-state index contributed by atoms with van der Waals surface area (Å²) in [4.78, 5) is 17.0. The average molecular weight is 384 g/mol. The van der Waals surface area contributed by atoms with Crippen LogP contribution in [0.15, 0.2) is 30.3 Å². The molecular formula is C21H28N4O3. The minimum absolute atomic E-state index is 0.0686. The van der Waals surface area contributed by atoms with Crippen molar-refractivity contribution in [2.24, 2.45) is 0 Å². The average Bonchev–Trinajstić information content (AvgIpc) is 3.11. The summed E-state index contributed by atoms with van der Waals surface area (Å²) < 4.78 is 7.00. The number of ether oxygens (including phenoxy) is 1. The number of aliphatic hydroxyl groups excluding tert-OH is 1. The maximum atomic E-state index is 12.8. The van der Waals surface area contributed by atoms with Crippen LogP contribution >= 0.6 is 0 Å². The van der Waals surface area contributed by atoms with Crippen LogP contribution < -0.4 is 4.74 Å². The molecule has 1 unspecified atom stereocenters. The molecular weight excluding hydrogens is 356 g/mol. The number of aromatic nitrogens is 2. The summed E-state index contributed by atoms with van der Waals surface area (Å²) in [6, 6.07) is 10.5. The summed E-state index contributed by atoms with van der Waals surface area (Å²) in [5, 5.41) is 14.0.